The lowest BCUT2D eigenvalue weighted by atomic mass is 10.1. The van der Waals surface area contributed by atoms with Crippen molar-refractivity contribution in [2.24, 2.45) is 0 Å². The van der Waals surface area contributed by atoms with Crippen LogP contribution in [-0.4, -0.2) is 10.7 Å². The Morgan fingerprint density at radius 3 is 2.65 bits per heavy atom. The van der Waals surface area contributed by atoms with E-state index in [1.807, 2.05) is 18.2 Å². The van der Waals surface area contributed by atoms with Crippen LogP contribution in [0.15, 0.2) is 68.8 Å². The normalized spacial score (nSPS) is 14.7. The van der Waals surface area contributed by atoms with E-state index in [4.69, 9.17) is 16.0 Å². The predicted molar refractivity (Wildman–Crippen MR) is 100 cm³/mol. The molecule has 0 atom stereocenters. The molecule has 4 rings (SSSR count). The highest BCUT2D eigenvalue weighted by molar-refractivity contribution is 8.04. The zero-order valence-electron chi connectivity index (χ0n) is 13.1. The van der Waals surface area contributed by atoms with Gasteiger partial charge in [0, 0.05) is 21.5 Å². The number of ketones is 1. The largest absolute Gasteiger partial charge is 0.456 e. The smallest absolute Gasteiger partial charge is 0.281 e. The number of halogens is 1. The van der Waals surface area contributed by atoms with Crippen LogP contribution in [0.2, 0.25) is 5.02 Å². The second-order valence-electron chi connectivity index (χ2n) is 5.56. The molecule has 1 aliphatic heterocycles. The number of carbonyl (C=O) groups is 1. The Morgan fingerprint density at radius 1 is 1.08 bits per heavy atom. The summed E-state index contributed by atoms with van der Waals surface area (Å²) in [7, 11) is 0. The Labute approximate surface area is 157 Å². The van der Waals surface area contributed by atoms with Crippen molar-refractivity contribution in [3.63, 3.8) is 0 Å². The van der Waals surface area contributed by atoms with Crippen LogP contribution in [0.3, 0.4) is 0 Å². The second-order valence-corrected chi connectivity index (χ2v) is 7.08. The average Bonchev–Trinajstić information content (AvgIpc) is 3.21. The van der Waals surface area contributed by atoms with Gasteiger partial charge in [-0.1, -0.05) is 35.5 Å². The van der Waals surface area contributed by atoms with Gasteiger partial charge in [0.05, 0.1) is 15.4 Å². The third-order valence-corrected chi connectivity index (χ3v) is 5.23. The summed E-state index contributed by atoms with van der Waals surface area (Å²) in [6.07, 6.45) is 1.65. The van der Waals surface area contributed by atoms with Crippen molar-refractivity contribution in [1.82, 2.24) is 0 Å². The van der Waals surface area contributed by atoms with Gasteiger partial charge in [-0.3, -0.25) is 14.9 Å². The molecule has 0 aliphatic carbocycles. The predicted octanol–water partition coefficient (Wildman–Crippen LogP) is 5.84. The second kappa shape index (κ2) is 6.48. The van der Waals surface area contributed by atoms with Gasteiger partial charge in [0.25, 0.3) is 5.69 Å². The summed E-state index contributed by atoms with van der Waals surface area (Å²) in [6, 6.07) is 15.1. The molecular weight excluding hydrogens is 374 g/mol. The molecule has 1 aromatic heterocycles. The van der Waals surface area contributed by atoms with Crippen molar-refractivity contribution < 1.29 is 14.1 Å². The first kappa shape index (κ1) is 16.6. The van der Waals surface area contributed by atoms with Gasteiger partial charge in [-0.05, 0) is 42.5 Å². The molecule has 5 nitrogen and oxygen atoms in total. The number of rotatable bonds is 3. The van der Waals surface area contributed by atoms with Crippen LogP contribution in [0, 0.1) is 10.1 Å². The lowest BCUT2D eigenvalue weighted by Gasteiger charge is -2.00. The third-order valence-electron chi connectivity index (χ3n) is 3.90. The van der Waals surface area contributed by atoms with E-state index >= 15 is 0 Å². The highest BCUT2D eigenvalue weighted by atomic mass is 35.5. The summed E-state index contributed by atoms with van der Waals surface area (Å²) in [5, 5.41) is 11.5. The van der Waals surface area contributed by atoms with Gasteiger partial charge in [-0.25, -0.2) is 0 Å². The van der Waals surface area contributed by atoms with Crippen molar-refractivity contribution in [2.75, 3.05) is 0 Å². The van der Waals surface area contributed by atoms with Gasteiger partial charge in [-0.2, -0.15) is 0 Å². The summed E-state index contributed by atoms with van der Waals surface area (Å²) in [5.41, 5.74) is 0.867. The fraction of sp³-hybridized carbons (Fsp3) is 0. The molecule has 0 N–H and O–H groups in total. The molecule has 0 amide bonds. The van der Waals surface area contributed by atoms with Crippen molar-refractivity contribution in [1.29, 1.82) is 0 Å². The number of benzene rings is 2. The van der Waals surface area contributed by atoms with Crippen LogP contribution < -0.4 is 0 Å². The number of furan rings is 1. The monoisotopic (exact) mass is 383 g/mol. The van der Waals surface area contributed by atoms with E-state index in [2.05, 4.69) is 0 Å². The van der Waals surface area contributed by atoms with Gasteiger partial charge < -0.3 is 4.42 Å². The van der Waals surface area contributed by atoms with E-state index < -0.39 is 4.92 Å². The van der Waals surface area contributed by atoms with Gasteiger partial charge in [0.1, 0.15) is 11.5 Å². The van der Waals surface area contributed by atoms with E-state index in [9.17, 15) is 14.9 Å². The van der Waals surface area contributed by atoms with Crippen LogP contribution in [0.25, 0.3) is 17.4 Å². The topological polar surface area (TPSA) is 73.3 Å². The first-order valence-electron chi connectivity index (χ1n) is 7.60. The van der Waals surface area contributed by atoms with Crippen LogP contribution in [0.1, 0.15) is 16.1 Å². The van der Waals surface area contributed by atoms with Gasteiger partial charge in [0.2, 0.25) is 5.78 Å². The maximum Gasteiger partial charge on any atom is 0.281 e. The number of thioether (sulfide) groups is 1. The summed E-state index contributed by atoms with van der Waals surface area (Å²) < 4.78 is 5.72. The molecular formula is C19H10ClNO4S. The van der Waals surface area contributed by atoms with Crippen molar-refractivity contribution in [2.45, 2.75) is 4.90 Å². The maximum atomic E-state index is 12.4. The average molecular weight is 384 g/mol. The SMILES string of the molecule is O=C1C(=Cc2ccc(-c3ccc(Cl)cc3[N+](=O)[O-])o2)Sc2ccccc21. The number of fused-ring (bicyclic) bond motifs is 1. The van der Waals surface area contributed by atoms with Crippen LogP contribution >= 0.6 is 23.4 Å². The number of hydrogen-bond acceptors (Lipinski definition) is 5. The zero-order valence-corrected chi connectivity index (χ0v) is 14.7. The van der Waals surface area contributed by atoms with Crippen molar-refractivity contribution >= 4 is 40.9 Å². The van der Waals surface area contributed by atoms with Crippen molar-refractivity contribution in [3.8, 4) is 11.3 Å². The highest BCUT2D eigenvalue weighted by Crippen LogP contribution is 2.41. The minimum absolute atomic E-state index is 0.0546. The van der Waals surface area contributed by atoms with E-state index in [1.165, 1.54) is 17.8 Å². The van der Waals surface area contributed by atoms with Gasteiger partial charge in [0.15, 0.2) is 0 Å². The Morgan fingerprint density at radius 2 is 1.88 bits per heavy atom. The Bertz CT molecular complexity index is 1090. The van der Waals surface area contributed by atoms with E-state index in [-0.39, 0.29) is 16.5 Å². The number of hydrogen-bond donors (Lipinski definition) is 0. The molecule has 0 spiro atoms. The summed E-state index contributed by atoms with van der Waals surface area (Å²) >= 11 is 7.22. The summed E-state index contributed by atoms with van der Waals surface area (Å²) in [4.78, 5) is 24.6. The molecule has 1 aliphatic rings. The lowest BCUT2D eigenvalue weighted by Crippen LogP contribution is -1.93. The standard InChI is InChI=1S/C19H10ClNO4S/c20-11-5-7-13(15(9-11)21(23)24)16-8-6-12(25-16)10-18-19(22)14-3-1-2-4-17(14)26-18/h1-10H. The highest BCUT2D eigenvalue weighted by Gasteiger charge is 2.26. The zero-order chi connectivity index (χ0) is 18.3. The first-order chi connectivity index (χ1) is 12.5. The van der Waals surface area contributed by atoms with Crippen LogP contribution in [0.4, 0.5) is 5.69 Å². The minimum atomic E-state index is -0.505. The van der Waals surface area contributed by atoms with E-state index in [1.54, 1.807) is 36.4 Å². The fourth-order valence-electron chi connectivity index (χ4n) is 2.70. The first-order valence-corrected chi connectivity index (χ1v) is 8.80. The number of Topliss-reactive ketones (excluding diaryl/α,β-unsaturated/α-hetero) is 1. The number of allylic oxidation sites excluding steroid dienone is 1. The molecule has 26 heavy (non-hydrogen) atoms. The summed E-state index contributed by atoms with van der Waals surface area (Å²) in [6.45, 7) is 0. The quantitative estimate of drug-likeness (QED) is 0.323. The molecule has 0 unspecified atom stereocenters. The Balaban J connectivity index is 1.69. The molecule has 2 aromatic carbocycles. The van der Waals surface area contributed by atoms with Crippen LogP contribution in [-0.2, 0) is 0 Å². The maximum absolute atomic E-state index is 12.4. The molecule has 3 aromatic rings. The number of nitro groups is 1. The molecule has 128 valence electrons. The molecule has 0 radical (unpaired) electrons. The van der Waals surface area contributed by atoms with Crippen molar-refractivity contribution in [3.05, 3.63) is 86.0 Å². The molecule has 2 heterocycles. The van der Waals surface area contributed by atoms with E-state index in [0.29, 0.717) is 27.6 Å². The molecule has 0 saturated heterocycles. The molecule has 0 saturated carbocycles. The van der Waals surface area contributed by atoms with Gasteiger partial charge >= 0.3 is 0 Å². The number of nitrogens with zero attached hydrogens (tertiary/aromatic N) is 1. The number of nitro benzene ring substituents is 1. The third kappa shape index (κ3) is 2.94. The Kier molecular flexibility index (Phi) is 4.14. The molecule has 7 heteroatoms. The van der Waals surface area contributed by atoms with Gasteiger partial charge in [-0.15, -0.1) is 0 Å². The van der Waals surface area contributed by atoms with Crippen LogP contribution in [0.5, 0.6) is 0 Å². The van der Waals surface area contributed by atoms with E-state index in [0.717, 1.165) is 4.90 Å². The minimum Gasteiger partial charge on any atom is -0.456 e. The molecule has 0 bridgehead atoms. The fourth-order valence-corrected chi connectivity index (χ4v) is 3.90. The lowest BCUT2D eigenvalue weighted by molar-refractivity contribution is -0.384. The Hall–Kier alpha value is -2.83. The number of carbonyl (C=O) groups excluding carboxylic acids is 1. The molecule has 0 fully saturated rings. The summed E-state index contributed by atoms with van der Waals surface area (Å²) in [5.74, 6) is 0.738.